The number of quaternary nitrogens is 1. The molecule has 3 unspecified atom stereocenters. The summed E-state index contributed by atoms with van der Waals surface area (Å²) in [6.07, 6.45) is 80.9. The third-order valence-corrected chi connectivity index (χ3v) is 17.4. The monoisotopic (exact) mass is 1200 g/mol. The van der Waals surface area contributed by atoms with E-state index < -0.39 is 20.0 Å². The van der Waals surface area contributed by atoms with Gasteiger partial charge in [0.15, 0.2) is 0 Å². The maximum absolute atomic E-state index is 13.6. The molecule has 0 heterocycles. The number of hydrogen-bond acceptors (Lipinski definition) is 7. The van der Waals surface area contributed by atoms with Gasteiger partial charge in [-0.15, -0.1) is 0 Å². The highest BCUT2D eigenvalue weighted by Crippen LogP contribution is 2.38. The molecule has 1 N–H and O–H groups in total. The van der Waals surface area contributed by atoms with Crippen LogP contribution in [0.25, 0.3) is 0 Å². The molecular weight excluding hydrogens is 1060 g/mol. The number of nitrogens with zero attached hydrogens (tertiary/aromatic N) is 1. The molecule has 10 heteroatoms. The third-order valence-electron chi connectivity index (χ3n) is 16.5. The minimum absolute atomic E-state index is 0.0207. The molecule has 0 saturated carbocycles. The van der Waals surface area contributed by atoms with E-state index in [1.54, 1.807) is 0 Å². The highest BCUT2D eigenvalue weighted by molar-refractivity contribution is 7.45. The number of nitrogens with one attached hydrogen (secondary N) is 1. The van der Waals surface area contributed by atoms with E-state index in [1.165, 1.54) is 263 Å². The summed E-state index contributed by atoms with van der Waals surface area (Å²) >= 11 is 0. The molecule has 0 radical (unpaired) electrons. The van der Waals surface area contributed by atoms with E-state index in [-0.39, 0.29) is 31.5 Å². The number of allylic oxidation sites excluding steroid dienone is 7. The molecule has 0 aromatic rings. The molecule has 0 aliphatic carbocycles. The van der Waals surface area contributed by atoms with Crippen molar-refractivity contribution < 1.29 is 37.3 Å². The predicted molar refractivity (Wildman–Crippen MR) is 363 cm³/mol. The van der Waals surface area contributed by atoms with E-state index in [4.69, 9.17) is 13.8 Å². The van der Waals surface area contributed by atoms with E-state index in [0.717, 1.165) is 64.2 Å². The van der Waals surface area contributed by atoms with Gasteiger partial charge in [-0.05, 0) is 89.5 Å². The van der Waals surface area contributed by atoms with Gasteiger partial charge in [0.25, 0.3) is 7.82 Å². The fraction of sp³-hybridized carbons (Fsp3) is 0.865. The Hall–Kier alpha value is -2.03. The molecule has 0 aromatic carbocycles. The highest BCUT2D eigenvalue weighted by atomic mass is 31.2. The lowest BCUT2D eigenvalue weighted by Crippen LogP contribution is -2.47. The maximum atomic E-state index is 13.6. The van der Waals surface area contributed by atoms with Crippen molar-refractivity contribution in [1.82, 2.24) is 5.32 Å². The number of esters is 1. The first-order valence-electron chi connectivity index (χ1n) is 36.4. The van der Waals surface area contributed by atoms with Crippen LogP contribution in [0.4, 0.5) is 0 Å². The lowest BCUT2D eigenvalue weighted by molar-refractivity contribution is -0.870. The Kier molecular flexibility index (Phi) is 62.4. The van der Waals surface area contributed by atoms with Crippen LogP contribution in [0.2, 0.25) is 0 Å². The minimum atomic E-state index is -4.70. The van der Waals surface area contributed by atoms with E-state index >= 15 is 0 Å². The fourth-order valence-corrected chi connectivity index (χ4v) is 11.6. The molecule has 9 nitrogen and oxygen atoms in total. The van der Waals surface area contributed by atoms with Crippen molar-refractivity contribution in [3.63, 3.8) is 0 Å². The van der Waals surface area contributed by atoms with Gasteiger partial charge in [0.1, 0.15) is 19.3 Å². The summed E-state index contributed by atoms with van der Waals surface area (Å²) in [5, 5.41) is 3.05. The highest BCUT2D eigenvalue weighted by Gasteiger charge is 2.27. The summed E-state index contributed by atoms with van der Waals surface area (Å²) in [6, 6.07) is -0.888. The zero-order chi connectivity index (χ0) is 61.4. The number of rotatable bonds is 67. The number of ether oxygens (including phenoxy) is 1. The third kappa shape index (κ3) is 64.4. The van der Waals surface area contributed by atoms with Crippen molar-refractivity contribution in [2.45, 2.75) is 373 Å². The van der Waals surface area contributed by atoms with Crippen LogP contribution in [0.3, 0.4) is 0 Å². The first-order valence-corrected chi connectivity index (χ1v) is 37.9. The molecule has 0 spiro atoms. The molecular formula is C74H141N2O7P. The Morgan fingerprint density at radius 1 is 0.417 bits per heavy atom. The molecule has 0 fully saturated rings. The summed E-state index contributed by atoms with van der Waals surface area (Å²) in [4.78, 5) is 40.2. The smallest absolute Gasteiger partial charge is 0.306 e. The van der Waals surface area contributed by atoms with Crippen LogP contribution in [-0.4, -0.2) is 69.4 Å². The lowest BCUT2D eigenvalue weighted by Gasteiger charge is -2.30. The Bertz CT molecular complexity index is 1570. The second-order valence-corrected chi connectivity index (χ2v) is 27.5. The number of unbranched alkanes of at least 4 members (excludes halogenated alkanes) is 45. The van der Waals surface area contributed by atoms with Gasteiger partial charge < -0.3 is 28.5 Å². The minimum Gasteiger partial charge on any atom is -0.756 e. The predicted octanol–water partition coefficient (Wildman–Crippen LogP) is 22.6. The normalized spacial score (nSPS) is 13.8. The summed E-state index contributed by atoms with van der Waals surface area (Å²) in [7, 11) is 1.20. The quantitative estimate of drug-likeness (QED) is 0.0212. The van der Waals surface area contributed by atoms with Crippen molar-refractivity contribution in [2.75, 3.05) is 40.9 Å². The number of likely N-dealkylation sites (N-methyl/N-ethyl adjacent to an activating group) is 1. The van der Waals surface area contributed by atoms with Gasteiger partial charge >= 0.3 is 5.97 Å². The van der Waals surface area contributed by atoms with E-state index in [1.807, 2.05) is 33.3 Å². The van der Waals surface area contributed by atoms with Crippen molar-refractivity contribution >= 4 is 19.7 Å². The second kappa shape index (κ2) is 64.0. The van der Waals surface area contributed by atoms with Gasteiger partial charge in [-0.1, -0.05) is 307 Å². The zero-order valence-corrected chi connectivity index (χ0v) is 57.5. The number of phosphoric ester groups is 1. The summed E-state index contributed by atoms with van der Waals surface area (Å²) in [5.41, 5.74) is 0. The standard InChI is InChI=1S/C74H141N2O7P/c1-7-10-13-16-19-22-25-28-30-32-34-36-37-38-39-41-42-44-46-48-51-54-57-60-63-66-73(77)75-71(70-82-84(79,80)81-69-68-76(4,5)6)72(65-62-59-56-53-50-27-24-21-18-15-12-9-3)83-74(78)67-64-61-58-55-52-49-47-45-43-40-35-33-31-29-26-23-20-17-14-11-8-2/h19,22,28-31,62,65,71-72H,7-18,20-21,23-27,32-61,63-64,66-70H2,1-6H3,(H-,75,77,79,80)/b22-19-,30-28-,31-29+,65-62-. The molecule has 0 rings (SSSR count). The summed E-state index contributed by atoms with van der Waals surface area (Å²) < 4.78 is 30.5. The second-order valence-electron chi connectivity index (χ2n) is 26.1. The lowest BCUT2D eigenvalue weighted by atomic mass is 10.0. The van der Waals surface area contributed by atoms with E-state index in [2.05, 4.69) is 62.5 Å². The SMILES string of the molecule is CCCCC/C=C\C/C=C\CCCCCCCCCCCCCCCCCC(=O)NC(COP(=O)([O-])OCC[N+](C)(C)C)C(/C=C\CCCCCCCCCCCC)OC(=O)CCCCCCCCCCCCC/C=C/CCCCCCCC. The van der Waals surface area contributed by atoms with Gasteiger partial charge in [0, 0.05) is 12.8 Å². The maximum Gasteiger partial charge on any atom is 0.306 e. The molecule has 0 bridgehead atoms. The molecule has 84 heavy (non-hydrogen) atoms. The first-order chi connectivity index (χ1) is 40.9. The van der Waals surface area contributed by atoms with Gasteiger partial charge in [-0.25, -0.2) is 0 Å². The van der Waals surface area contributed by atoms with Crippen molar-refractivity contribution in [3.8, 4) is 0 Å². The number of phosphoric acid groups is 1. The molecule has 0 aliphatic rings. The van der Waals surface area contributed by atoms with Gasteiger partial charge in [-0.3, -0.25) is 14.2 Å². The van der Waals surface area contributed by atoms with Crippen molar-refractivity contribution in [3.05, 3.63) is 48.6 Å². The van der Waals surface area contributed by atoms with Gasteiger partial charge in [0.2, 0.25) is 5.91 Å². The Balaban J connectivity index is 5.01. The number of hydrogen-bond donors (Lipinski definition) is 1. The topological polar surface area (TPSA) is 114 Å². The van der Waals surface area contributed by atoms with Crippen LogP contribution in [0.5, 0.6) is 0 Å². The molecule has 0 saturated heterocycles. The molecule has 3 atom stereocenters. The zero-order valence-electron chi connectivity index (χ0n) is 56.6. The van der Waals surface area contributed by atoms with Gasteiger partial charge in [0.05, 0.1) is 33.8 Å². The Morgan fingerprint density at radius 3 is 1.11 bits per heavy atom. The molecule has 0 aromatic heterocycles. The van der Waals surface area contributed by atoms with Crippen LogP contribution >= 0.6 is 7.82 Å². The largest absolute Gasteiger partial charge is 0.756 e. The average molecular weight is 1200 g/mol. The number of carbonyl (C=O) groups is 2. The summed E-state index contributed by atoms with van der Waals surface area (Å²) in [5.74, 6) is -0.525. The van der Waals surface area contributed by atoms with Crippen LogP contribution in [0, 0.1) is 0 Å². The van der Waals surface area contributed by atoms with Crippen molar-refractivity contribution in [1.29, 1.82) is 0 Å². The molecule has 0 aliphatic heterocycles. The Morgan fingerprint density at radius 2 is 0.726 bits per heavy atom. The van der Waals surface area contributed by atoms with Crippen LogP contribution in [0.15, 0.2) is 48.6 Å². The van der Waals surface area contributed by atoms with Crippen molar-refractivity contribution in [2.24, 2.45) is 0 Å². The van der Waals surface area contributed by atoms with E-state index in [0.29, 0.717) is 17.4 Å². The Labute approximate surface area is 522 Å². The van der Waals surface area contributed by atoms with Crippen LogP contribution in [0.1, 0.15) is 361 Å². The molecule has 494 valence electrons. The first kappa shape index (κ1) is 82.0. The fourth-order valence-electron chi connectivity index (χ4n) is 10.8. The molecule has 1 amide bonds. The number of carbonyl (C=O) groups excluding carboxylic acids is 2. The van der Waals surface area contributed by atoms with E-state index in [9.17, 15) is 19.0 Å². The van der Waals surface area contributed by atoms with Crippen LogP contribution < -0.4 is 10.2 Å². The average Bonchev–Trinajstić information content (AvgIpc) is 3.64. The summed E-state index contributed by atoms with van der Waals surface area (Å²) in [6.45, 7) is 6.87. The van der Waals surface area contributed by atoms with Crippen LogP contribution in [-0.2, 0) is 27.9 Å². The van der Waals surface area contributed by atoms with Gasteiger partial charge in [-0.2, -0.15) is 0 Å². The number of amides is 1.